The molecule has 0 atom stereocenters. The van der Waals surface area contributed by atoms with Crippen molar-refractivity contribution in [2.45, 2.75) is 13.3 Å². The predicted molar refractivity (Wildman–Crippen MR) is 91.5 cm³/mol. The summed E-state index contributed by atoms with van der Waals surface area (Å²) in [6.07, 6.45) is 2.50. The van der Waals surface area contributed by atoms with Crippen molar-refractivity contribution in [1.29, 1.82) is 0 Å². The number of hydrogen-bond acceptors (Lipinski definition) is 7. The second-order valence-electron chi connectivity index (χ2n) is 4.32. The monoisotopic (exact) mass is 340 g/mol. The summed E-state index contributed by atoms with van der Waals surface area (Å²) in [5, 5.41) is 6.95. The first kappa shape index (κ1) is 16.4. The fourth-order valence-electron chi connectivity index (χ4n) is 1.63. The molecule has 1 aromatic heterocycles. The number of ether oxygens (including phenoxy) is 2. The van der Waals surface area contributed by atoms with Crippen molar-refractivity contribution in [2.24, 2.45) is 5.10 Å². The number of rotatable bonds is 7. The van der Waals surface area contributed by atoms with Gasteiger partial charge in [-0.3, -0.25) is 5.43 Å². The number of benzene rings is 1. The second-order valence-corrected chi connectivity index (χ2v) is 5.59. The van der Waals surface area contributed by atoms with Crippen LogP contribution in [0.1, 0.15) is 18.9 Å². The van der Waals surface area contributed by atoms with E-state index < -0.39 is 0 Å². The topological polar surface area (TPSA) is 81.8 Å². The number of hydrogen-bond donors (Lipinski definition) is 2. The Hall–Kier alpha value is -1.99. The van der Waals surface area contributed by atoms with Crippen molar-refractivity contribution in [2.75, 3.05) is 24.9 Å². The zero-order valence-electron chi connectivity index (χ0n) is 12.3. The lowest BCUT2D eigenvalue weighted by Gasteiger charge is -2.11. The van der Waals surface area contributed by atoms with Crippen molar-refractivity contribution in [3.63, 3.8) is 0 Å². The normalized spacial score (nSPS) is 10.9. The number of aromatic nitrogens is 1. The van der Waals surface area contributed by atoms with E-state index in [1.165, 1.54) is 11.3 Å². The molecule has 0 fully saturated rings. The smallest absolute Gasteiger partial charge is 0.205 e. The summed E-state index contributed by atoms with van der Waals surface area (Å²) in [4.78, 5) is 4.04. The number of nitrogens with zero attached hydrogens (tertiary/aromatic N) is 2. The molecule has 6 nitrogen and oxygen atoms in total. The first-order valence-corrected chi connectivity index (χ1v) is 7.90. The van der Waals surface area contributed by atoms with Crippen molar-refractivity contribution in [3.05, 3.63) is 28.1 Å². The average molecular weight is 341 g/mol. The van der Waals surface area contributed by atoms with Gasteiger partial charge in [0.1, 0.15) is 5.82 Å². The van der Waals surface area contributed by atoms with E-state index in [2.05, 4.69) is 15.5 Å². The molecule has 0 spiro atoms. The lowest BCUT2D eigenvalue weighted by Crippen LogP contribution is -1.99. The molecule has 0 aliphatic heterocycles. The van der Waals surface area contributed by atoms with Crippen LogP contribution in [0.3, 0.4) is 0 Å². The van der Waals surface area contributed by atoms with Crippen LogP contribution in [-0.4, -0.2) is 24.9 Å². The third-order valence-corrected chi connectivity index (χ3v) is 3.72. The summed E-state index contributed by atoms with van der Waals surface area (Å²) < 4.78 is 10.9. The van der Waals surface area contributed by atoms with Crippen LogP contribution in [0.15, 0.2) is 22.6 Å². The van der Waals surface area contributed by atoms with Gasteiger partial charge < -0.3 is 15.2 Å². The van der Waals surface area contributed by atoms with Gasteiger partial charge in [0.2, 0.25) is 5.13 Å². The van der Waals surface area contributed by atoms with Crippen LogP contribution in [0.25, 0.3) is 0 Å². The zero-order chi connectivity index (χ0) is 15.9. The zero-order valence-corrected chi connectivity index (χ0v) is 13.9. The molecule has 2 aromatic rings. The summed E-state index contributed by atoms with van der Waals surface area (Å²) >= 11 is 7.60. The van der Waals surface area contributed by atoms with Crippen LogP contribution in [-0.2, 0) is 0 Å². The fourth-order valence-corrected chi connectivity index (χ4v) is 2.38. The van der Waals surface area contributed by atoms with E-state index in [1.807, 2.05) is 6.92 Å². The van der Waals surface area contributed by atoms with Gasteiger partial charge in [-0.2, -0.15) is 5.10 Å². The Labute approximate surface area is 137 Å². The highest BCUT2D eigenvalue weighted by Gasteiger charge is 2.09. The van der Waals surface area contributed by atoms with Gasteiger partial charge in [0, 0.05) is 17.0 Å². The molecule has 0 saturated carbocycles. The highest BCUT2D eigenvalue weighted by atomic mass is 35.5. The van der Waals surface area contributed by atoms with Crippen molar-refractivity contribution in [1.82, 2.24) is 4.98 Å². The molecule has 0 radical (unpaired) electrons. The number of nitrogens with two attached hydrogens (primary N) is 1. The van der Waals surface area contributed by atoms with E-state index in [1.54, 1.807) is 30.8 Å². The maximum Gasteiger partial charge on any atom is 0.205 e. The molecule has 8 heteroatoms. The largest absolute Gasteiger partial charge is 0.493 e. The molecule has 0 aliphatic carbocycles. The third-order valence-electron chi connectivity index (χ3n) is 2.63. The molecular weight excluding hydrogens is 324 g/mol. The lowest BCUT2D eigenvalue weighted by molar-refractivity contribution is 0.294. The highest BCUT2D eigenvalue weighted by molar-refractivity contribution is 7.14. The van der Waals surface area contributed by atoms with Crippen LogP contribution in [0, 0.1) is 0 Å². The van der Waals surface area contributed by atoms with E-state index >= 15 is 0 Å². The number of nitrogen functional groups attached to an aromatic ring is 1. The van der Waals surface area contributed by atoms with E-state index in [9.17, 15) is 0 Å². The van der Waals surface area contributed by atoms with Gasteiger partial charge in [-0.1, -0.05) is 18.5 Å². The van der Waals surface area contributed by atoms with Crippen molar-refractivity contribution >= 4 is 40.1 Å². The molecule has 0 aliphatic rings. The second kappa shape index (κ2) is 7.86. The summed E-state index contributed by atoms with van der Waals surface area (Å²) in [6.45, 7) is 2.64. The maximum atomic E-state index is 6.24. The fraction of sp³-hybridized carbons (Fsp3) is 0.286. The number of anilines is 2. The highest BCUT2D eigenvalue weighted by Crippen LogP contribution is 2.32. The first-order valence-electron chi connectivity index (χ1n) is 6.64. The molecule has 1 heterocycles. The molecule has 118 valence electrons. The Kier molecular flexibility index (Phi) is 5.85. The molecule has 1 aromatic carbocycles. The third kappa shape index (κ3) is 4.25. The quantitative estimate of drug-likeness (QED) is 0.594. The molecule has 0 saturated heterocycles. The maximum absolute atomic E-state index is 6.24. The van der Waals surface area contributed by atoms with Gasteiger partial charge in [0.05, 0.1) is 25.0 Å². The molecule has 2 rings (SSSR count). The van der Waals surface area contributed by atoms with E-state index in [0.29, 0.717) is 39.6 Å². The van der Waals surface area contributed by atoms with Crippen LogP contribution >= 0.6 is 22.9 Å². The van der Waals surface area contributed by atoms with Gasteiger partial charge in [0.15, 0.2) is 11.5 Å². The molecule has 0 amide bonds. The Morgan fingerprint density at radius 2 is 2.27 bits per heavy atom. The number of halogens is 1. The van der Waals surface area contributed by atoms with Crippen molar-refractivity contribution < 1.29 is 9.47 Å². The first-order chi connectivity index (χ1) is 10.6. The standard InChI is InChI=1S/C14H17ClN4O2S/c1-3-4-21-12-6-10(15)9(5-11(12)20-2)7-17-19-14-18-13(16)8-22-14/h5-8H,3-4,16H2,1-2H3,(H,18,19). The van der Waals surface area contributed by atoms with Crippen molar-refractivity contribution in [3.8, 4) is 11.5 Å². The van der Waals surface area contributed by atoms with Gasteiger partial charge in [-0.25, -0.2) is 4.98 Å². The van der Waals surface area contributed by atoms with E-state index in [-0.39, 0.29) is 0 Å². The minimum absolute atomic E-state index is 0.458. The Balaban J connectivity index is 2.13. The average Bonchev–Trinajstić information content (AvgIpc) is 2.92. The number of methoxy groups -OCH3 is 1. The minimum Gasteiger partial charge on any atom is -0.493 e. The Morgan fingerprint density at radius 1 is 1.45 bits per heavy atom. The molecule has 3 N–H and O–H groups in total. The van der Waals surface area contributed by atoms with Gasteiger partial charge >= 0.3 is 0 Å². The van der Waals surface area contributed by atoms with Crippen LogP contribution in [0.5, 0.6) is 11.5 Å². The Bertz CT molecular complexity index is 660. The lowest BCUT2D eigenvalue weighted by atomic mass is 10.2. The molecule has 0 bridgehead atoms. The number of nitrogens with one attached hydrogen (secondary N) is 1. The van der Waals surface area contributed by atoms with Gasteiger partial charge in [-0.15, -0.1) is 11.3 Å². The SMILES string of the molecule is CCCOc1cc(Cl)c(C=NNc2nc(N)cs2)cc1OC. The summed E-state index contributed by atoms with van der Waals surface area (Å²) in [6, 6.07) is 3.49. The summed E-state index contributed by atoms with van der Waals surface area (Å²) in [5.41, 5.74) is 9.04. The number of thiazole rings is 1. The Morgan fingerprint density at radius 3 is 2.91 bits per heavy atom. The number of hydrazone groups is 1. The van der Waals surface area contributed by atoms with E-state index in [4.69, 9.17) is 26.8 Å². The predicted octanol–water partition coefficient (Wildman–Crippen LogP) is 3.62. The van der Waals surface area contributed by atoms with Crippen LogP contribution in [0.4, 0.5) is 10.9 Å². The summed E-state index contributed by atoms with van der Waals surface area (Å²) in [7, 11) is 1.58. The molecule has 0 unspecified atom stereocenters. The molecule has 22 heavy (non-hydrogen) atoms. The van der Waals surface area contributed by atoms with Crippen LogP contribution in [0.2, 0.25) is 5.02 Å². The summed E-state index contributed by atoms with van der Waals surface area (Å²) in [5.74, 6) is 1.68. The minimum atomic E-state index is 0.458. The van der Waals surface area contributed by atoms with Gasteiger partial charge in [-0.05, 0) is 12.5 Å². The van der Waals surface area contributed by atoms with E-state index in [0.717, 1.165) is 6.42 Å². The molecular formula is C14H17ClN4O2S. The van der Waals surface area contributed by atoms with Gasteiger partial charge in [0.25, 0.3) is 0 Å². The van der Waals surface area contributed by atoms with Crippen LogP contribution < -0.4 is 20.6 Å².